The largest absolute Gasteiger partial charge is 0.536 e. The third kappa shape index (κ3) is 4.28. The second kappa shape index (κ2) is 8.27. The van der Waals surface area contributed by atoms with Gasteiger partial charge in [-0.05, 0) is 12.0 Å². The summed E-state index contributed by atoms with van der Waals surface area (Å²) in [6, 6.07) is 8.16. The summed E-state index contributed by atoms with van der Waals surface area (Å²) in [5.74, 6) is 0. The molecule has 1 aromatic rings. The van der Waals surface area contributed by atoms with E-state index in [1.54, 1.807) is 21.3 Å². The van der Waals surface area contributed by atoms with E-state index < -0.39 is 8.80 Å². The van der Waals surface area contributed by atoms with Crippen LogP contribution in [0.3, 0.4) is 0 Å². The Hall–Kier alpha value is -0.943. The van der Waals surface area contributed by atoms with Crippen LogP contribution in [0.2, 0.25) is 0 Å². The molecular formula is C15H24O3Si. The van der Waals surface area contributed by atoms with E-state index in [2.05, 4.69) is 31.2 Å². The molecule has 0 amide bonds. The zero-order chi connectivity index (χ0) is 14.1. The number of hydrogen-bond donors (Lipinski definition) is 0. The highest BCUT2D eigenvalue weighted by Gasteiger charge is 2.40. The van der Waals surface area contributed by atoms with Crippen molar-refractivity contribution in [3.8, 4) is 0 Å². The molecule has 0 aromatic heterocycles. The van der Waals surface area contributed by atoms with Gasteiger partial charge in [-0.25, -0.2) is 0 Å². The van der Waals surface area contributed by atoms with Crippen LogP contribution in [0.4, 0.5) is 0 Å². The molecule has 0 radical (unpaired) electrons. The second-order valence-corrected chi connectivity index (χ2v) is 7.25. The van der Waals surface area contributed by atoms with Gasteiger partial charge in [-0.1, -0.05) is 56.2 Å². The van der Waals surface area contributed by atoms with Gasteiger partial charge < -0.3 is 13.3 Å². The highest BCUT2D eigenvalue weighted by Crippen LogP contribution is 2.09. The van der Waals surface area contributed by atoms with Gasteiger partial charge in [0.25, 0.3) is 0 Å². The smallest absolute Gasteiger partial charge is 0.373 e. The molecular weight excluding hydrogens is 256 g/mol. The van der Waals surface area contributed by atoms with Crippen LogP contribution < -0.4 is 5.19 Å². The zero-order valence-corrected chi connectivity index (χ0v) is 13.3. The zero-order valence-electron chi connectivity index (χ0n) is 12.3. The maximum Gasteiger partial charge on any atom is 0.536 e. The van der Waals surface area contributed by atoms with E-state index in [-0.39, 0.29) is 0 Å². The van der Waals surface area contributed by atoms with Crippen molar-refractivity contribution in [2.45, 2.75) is 26.2 Å². The lowest BCUT2D eigenvalue weighted by atomic mass is 10.2. The first-order valence-electron chi connectivity index (χ1n) is 6.65. The van der Waals surface area contributed by atoms with Gasteiger partial charge in [0.15, 0.2) is 0 Å². The summed E-state index contributed by atoms with van der Waals surface area (Å²) in [7, 11) is 2.18. The predicted octanol–water partition coefficient (Wildman–Crippen LogP) is 2.98. The minimum absolute atomic E-state index is 0.978. The van der Waals surface area contributed by atoms with Gasteiger partial charge in [0.1, 0.15) is 0 Å². The Morgan fingerprint density at radius 1 is 1.00 bits per heavy atom. The number of rotatable bonds is 8. The van der Waals surface area contributed by atoms with Crippen molar-refractivity contribution in [1.29, 1.82) is 0 Å². The molecule has 0 aliphatic heterocycles. The first-order valence-corrected chi connectivity index (χ1v) is 8.37. The lowest BCUT2D eigenvalue weighted by Crippen LogP contribution is -2.54. The number of allylic oxidation sites excluding steroid dienone is 1. The van der Waals surface area contributed by atoms with Crippen molar-refractivity contribution in [2.24, 2.45) is 0 Å². The van der Waals surface area contributed by atoms with Crippen LogP contribution in [-0.2, 0) is 13.3 Å². The van der Waals surface area contributed by atoms with Crippen molar-refractivity contribution in [3.63, 3.8) is 0 Å². The molecule has 0 N–H and O–H groups in total. The van der Waals surface area contributed by atoms with Gasteiger partial charge in [0.05, 0.1) is 0 Å². The first kappa shape index (κ1) is 16.1. The van der Waals surface area contributed by atoms with Crippen molar-refractivity contribution < 1.29 is 13.3 Å². The molecule has 0 spiro atoms. The highest BCUT2D eigenvalue weighted by atomic mass is 28.4. The van der Waals surface area contributed by atoms with E-state index in [4.69, 9.17) is 13.3 Å². The maximum absolute atomic E-state index is 5.45. The number of unbranched alkanes of at least 4 members (excludes halogenated alkanes) is 2. The third-order valence-corrected chi connectivity index (χ3v) is 5.76. The summed E-state index contributed by atoms with van der Waals surface area (Å²) in [6.07, 6.45) is 7.96. The van der Waals surface area contributed by atoms with Gasteiger partial charge in [0.2, 0.25) is 0 Å². The summed E-state index contributed by atoms with van der Waals surface area (Å²) >= 11 is 0. The summed E-state index contributed by atoms with van der Waals surface area (Å²) in [6.45, 7) is 2.20. The molecule has 19 heavy (non-hydrogen) atoms. The van der Waals surface area contributed by atoms with Crippen LogP contribution in [0.1, 0.15) is 31.7 Å². The average molecular weight is 280 g/mol. The Kier molecular flexibility index (Phi) is 7.01. The molecule has 106 valence electrons. The molecule has 0 fully saturated rings. The number of benzene rings is 1. The normalized spacial score (nSPS) is 12.2. The molecule has 0 saturated heterocycles. The lowest BCUT2D eigenvalue weighted by molar-refractivity contribution is 0.140. The molecule has 0 saturated carbocycles. The van der Waals surface area contributed by atoms with E-state index in [9.17, 15) is 0 Å². The second-order valence-electron chi connectivity index (χ2n) is 4.34. The average Bonchev–Trinajstić information content (AvgIpc) is 2.47. The summed E-state index contributed by atoms with van der Waals surface area (Å²) < 4.78 is 16.4. The topological polar surface area (TPSA) is 27.7 Å². The van der Waals surface area contributed by atoms with Gasteiger partial charge in [-0.3, -0.25) is 0 Å². The van der Waals surface area contributed by atoms with Crippen LogP contribution in [0.5, 0.6) is 0 Å². The Labute approximate surface area is 117 Å². The third-order valence-electron chi connectivity index (χ3n) is 3.11. The molecule has 0 heterocycles. The Morgan fingerprint density at radius 2 is 1.58 bits per heavy atom. The van der Waals surface area contributed by atoms with E-state index in [1.165, 1.54) is 18.4 Å². The van der Waals surface area contributed by atoms with Crippen LogP contribution in [0.25, 0.3) is 6.08 Å². The quantitative estimate of drug-likeness (QED) is 0.541. The molecule has 0 bridgehead atoms. The van der Waals surface area contributed by atoms with Crippen LogP contribution >= 0.6 is 0 Å². The fourth-order valence-corrected chi connectivity index (χ4v) is 3.73. The molecule has 1 rings (SSSR count). The molecule has 4 heteroatoms. The van der Waals surface area contributed by atoms with Gasteiger partial charge >= 0.3 is 8.80 Å². The lowest BCUT2D eigenvalue weighted by Gasteiger charge is -2.24. The van der Waals surface area contributed by atoms with Gasteiger partial charge in [0, 0.05) is 26.5 Å². The van der Waals surface area contributed by atoms with Crippen molar-refractivity contribution >= 4 is 20.1 Å². The fraction of sp³-hybridized carbons (Fsp3) is 0.467. The van der Waals surface area contributed by atoms with E-state index in [1.807, 2.05) is 12.1 Å². The van der Waals surface area contributed by atoms with Crippen LogP contribution in [-0.4, -0.2) is 30.1 Å². The van der Waals surface area contributed by atoms with Crippen LogP contribution in [0.15, 0.2) is 30.3 Å². The van der Waals surface area contributed by atoms with E-state index >= 15 is 0 Å². The fourth-order valence-electron chi connectivity index (χ4n) is 1.94. The molecule has 0 aliphatic rings. The van der Waals surface area contributed by atoms with E-state index in [0.717, 1.165) is 11.6 Å². The van der Waals surface area contributed by atoms with Gasteiger partial charge in [-0.2, -0.15) is 0 Å². The molecule has 0 aliphatic carbocycles. The minimum Gasteiger partial charge on any atom is -0.373 e. The van der Waals surface area contributed by atoms with Crippen molar-refractivity contribution in [2.75, 3.05) is 21.3 Å². The standard InChI is InChI=1S/C15H24O3Si/c1-5-6-7-8-9-14-10-12-15(13-11-14)19(16-2,17-3)18-4/h8-13H,5-7H2,1-4H3. The monoisotopic (exact) mass is 280 g/mol. The molecule has 0 atom stereocenters. The summed E-state index contributed by atoms with van der Waals surface area (Å²) in [5, 5.41) is 0.978. The molecule has 1 aromatic carbocycles. The minimum atomic E-state index is -2.68. The highest BCUT2D eigenvalue weighted by molar-refractivity contribution is 6.75. The van der Waals surface area contributed by atoms with Crippen LogP contribution in [0, 0.1) is 0 Å². The maximum atomic E-state index is 5.45. The van der Waals surface area contributed by atoms with Crippen molar-refractivity contribution in [3.05, 3.63) is 35.9 Å². The predicted molar refractivity (Wildman–Crippen MR) is 81.4 cm³/mol. The SMILES string of the molecule is CCCCC=Cc1ccc([Si](OC)(OC)OC)cc1. The van der Waals surface area contributed by atoms with Crippen molar-refractivity contribution in [1.82, 2.24) is 0 Å². The van der Waals surface area contributed by atoms with Gasteiger partial charge in [-0.15, -0.1) is 0 Å². The Morgan fingerprint density at radius 3 is 2.05 bits per heavy atom. The molecule has 3 nitrogen and oxygen atoms in total. The Bertz CT molecular complexity index is 375. The number of hydrogen-bond acceptors (Lipinski definition) is 3. The first-order chi connectivity index (χ1) is 9.22. The van der Waals surface area contributed by atoms with E-state index in [0.29, 0.717) is 0 Å². The Balaban J connectivity index is 2.78. The summed E-state index contributed by atoms with van der Waals surface area (Å²) in [5.41, 5.74) is 1.19. The summed E-state index contributed by atoms with van der Waals surface area (Å²) in [4.78, 5) is 0. The molecule has 0 unspecified atom stereocenters.